The van der Waals surface area contributed by atoms with Gasteiger partial charge in [0.05, 0.1) is 25.7 Å². The third-order valence-electron chi connectivity index (χ3n) is 5.35. The number of amides is 1. The number of rotatable bonds is 6. The fourth-order valence-corrected chi connectivity index (χ4v) is 3.91. The SMILES string of the molecule is CCc1oc(C(=O)N2CCc3[nH]cnc3[C@@H]2c2ccc(OC)cc2)cc1COC. The van der Waals surface area contributed by atoms with E-state index < -0.39 is 0 Å². The molecule has 1 aliphatic heterocycles. The molecule has 1 N–H and O–H groups in total. The van der Waals surface area contributed by atoms with Crippen molar-refractivity contribution in [3.8, 4) is 5.75 Å². The van der Waals surface area contributed by atoms with Gasteiger partial charge in [0.15, 0.2) is 5.76 Å². The number of fused-ring (bicyclic) bond motifs is 1. The second kappa shape index (κ2) is 8.13. The summed E-state index contributed by atoms with van der Waals surface area (Å²) in [5, 5.41) is 0. The standard InChI is InChI=1S/C22H25N3O4/c1-4-18-15(12-27-2)11-19(29-18)22(26)25-10-9-17-20(24-13-23-17)21(25)14-5-7-16(28-3)8-6-14/h5-8,11,13,21H,4,9-10,12H2,1-3H3,(H,23,24)/t21-/m0/s1. The van der Waals surface area contributed by atoms with E-state index in [-0.39, 0.29) is 11.9 Å². The van der Waals surface area contributed by atoms with Crippen molar-refractivity contribution in [3.05, 3.63) is 70.7 Å². The van der Waals surface area contributed by atoms with Crippen molar-refractivity contribution in [2.45, 2.75) is 32.4 Å². The molecule has 1 aromatic carbocycles. The van der Waals surface area contributed by atoms with E-state index in [1.165, 1.54) is 0 Å². The Balaban J connectivity index is 1.72. The molecule has 0 saturated carbocycles. The number of nitrogens with zero attached hydrogens (tertiary/aromatic N) is 2. The van der Waals surface area contributed by atoms with Gasteiger partial charge in [-0.1, -0.05) is 19.1 Å². The summed E-state index contributed by atoms with van der Waals surface area (Å²) in [4.78, 5) is 23.0. The lowest BCUT2D eigenvalue weighted by Crippen LogP contribution is -2.40. The zero-order valence-electron chi connectivity index (χ0n) is 16.9. The summed E-state index contributed by atoms with van der Waals surface area (Å²) in [6.45, 7) is 3.00. The molecule has 4 rings (SSSR count). The number of aromatic nitrogens is 2. The van der Waals surface area contributed by atoms with Crippen LogP contribution in [0.5, 0.6) is 5.75 Å². The number of ether oxygens (including phenoxy) is 2. The first-order valence-electron chi connectivity index (χ1n) is 9.73. The zero-order chi connectivity index (χ0) is 20.4. The summed E-state index contributed by atoms with van der Waals surface area (Å²) in [6.07, 6.45) is 3.12. The number of carbonyl (C=O) groups is 1. The number of benzene rings is 1. The minimum absolute atomic E-state index is 0.142. The molecule has 1 aliphatic rings. The predicted molar refractivity (Wildman–Crippen MR) is 107 cm³/mol. The lowest BCUT2D eigenvalue weighted by atomic mass is 9.95. The lowest BCUT2D eigenvalue weighted by Gasteiger charge is -2.34. The van der Waals surface area contributed by atoms with Crippen LogP contribution >= 0.6 is 0 Å². The first-order chi connectivity index (χ1) is 14.2. The molecule has 7 heteroatoms. The number of carbonyl (C=O) groups excluding carboxylic acids is 1. The lowest BCUT2D eigenvalue weighted by molar-refractivity contribution is 0.0656. The molecule has 1 atom stereocenters. The van der Waals surface area contributed by atoms with Crippen LogP contribution in [0.4, 0.5) is 0 Å². The number of hydrogen-bond acceptors (Lipinski definition) is 5. The molecule has 0 bridgehead atoms. The number of aromatic amines is 1. The second-order valence-corrected chi connectivity index (χ2v) is 7.04. The first kappa shape index (κ1) is 19.3. The Labute approximate surface area is 169 Å². The summed E-state index contributed by atoms with van der Waals surface area (Å²) >= 11 is 0. The van der Waals surface area contributed by atoms with Crippen molar-refractivity contribution in [2.24, 2.45) is 0 Å². The van der Waals surface area contributed by atoms with Crippen LogP contribution < -0.4 is 4.74 Å². The van der Waals surface area contributed by atoms with Gasteiger partial charge >= 0.3 is 0 Å². The molecule has 3 aromatic rings. The predicted octanol–water partition coefficient (Wildman–Crippen LogP) is 3.51. The van der Waals surface area contributed by atoms with Crippen LogP contribution in [-0.4, -0.2) is 41.5 Å². The fourth-order valence-electron chi connectivity index (χ4n) is 3.91. The Morgan fingerprint density at radius 3 is 2.79 bits per heavy atom. The largest absolute Gasteiger partial charge is 0.497 e. The molecule has 152 valence electrons. The van der Waals surface area contributed by atoms with Crippen molar-refractivity contribution in [1.29, 1.82) is 0 Å². The second-order valence-electron chi connectivity index (χ2n) is 7.04. The Kier molecular flexibility index (Phi) is 5.40. The molecule has 0 aliphatic carbocycles. The van der Waals surface area contributed by atoms with Gasteiger partial charge in [-0.2, -0.15) is 0 Å². The average molecular weight is 395 g/mol. The molecule has 29 heavy (non-hydrogen) atoms. The van der Waals surface area contributed by atoms with Gasteiger partial charge in [0.25, 0.3) is 5.91 Å². The number of aryl methyl sites for hydroxylation is 1. The van der Waals surface area contributed by atoms with Gasteiger partial charge in [-0.05, 0) is 23.8 Å². The molecule has 3 heterocycles. The van der Waals surface area contributed by atoms with Crippen LogP contribution in [0.2, 0.25) is 0 Å². The summed E-state index contributed by atoms with van der Waals surface area (Å²) < 4.78 is 16.4. The molecule has 2 aromatic heterocycles. The van der Waals surface area contributed by atoms with Crippen molar-refractivity contribution >= 4 is 5.91 Å². The maximum atomic E-state index is 13.5. The molecule has 0 spiro atoms. The maximum absolute atomic E-state index is 13.5. The monoisotopic (exact) mass is 395 g/mol. The minimum Gasteiger partial charge on any atom is -0.497 e. The van der Waals surface area contributed by atoms with Crippen LogP contribution in [0, 0.1) is 0 Å². The molecule has 0 saturated heterocycles. The van der Waals surface area contributed by atoms with E-state index in [4.69, 9.17) is 13.9 Å². The molecule has 0 radical (unpaired) electrons. The van der Waals surface area contributed by atoms with Crippen LogP contribution in [0.1, 0.15) is 51.8 Å². The third-order valence-corrected chi connectivity index (χ3v) is 5.35. The highest BCUT2D eigenvalue weighted by molar-refractivity contribution is 5.92. The molecule has 7 nitrogen and oxygen atoms in total. The van der Waals surface area contributed by atoms with Gasteiger partial charge in [-0.3, -0.25) is 4.79 Å². The van der Waals surface area contributed by atoms with Gasteiger partial charge in [-0.15, -0.1) is 0 Å². The maximum Gasteiger partial charge on any atom is 0.290 e. The Hall–Kier alpha value is -3.06. The quantitative estimate of drug-likeness (QED) is 0.691. The summed E-state index contributed by atoms with van der Waals surface area (Å²) in [5.41, 5.74) is 3.82. The number of furan rings is 1. The highest BCUT2D eigenvalue weighted by atomic mass is 16.5. The van der Waals surface area contributed by atoms with Crippen LogP contribution in [0.3, 0.4) is 0 Å². The number of H-pyrrole nitrogens is 1. The molecule has 1 amide bonds. The number of methoxy groups -OCH3 is 2. The summed E-state index contributed by atoms with van der Waals surface area (Å²) in [5.74, 6) is 1.75. The zero-order valence-corrected chi connectivity index (χ0v) is 16.9. The number of hydrogen-bond donors (Lipinski definition) is 1. The normalized spacial score (nSPS) is 16.0. The van der Waals surface area contributed by atoms with E-state index in [2.05, 4.69) is 9.97 Å². The summed E-state index contributed by atoms with van der Waals surface area (Å²) in [7, 11) is 3.27. The van der Waals surface area contributed by atoms with Gasteiger partial charge in [0, 0.05) is 37.8 Å². The smallest absolute Gasteiger partial charge is 0.290 e. The minimum atomic E-state index is -0.288. The number of imidazole rings is 1. The van der Waals surface area contributed by atoms with E-state index in [0.29, 0.717) is 25.3 Å². The van der Waals surface area contributed by atoms with Gasteiger partial charge in [0.1, 0.15) is 17.6 Å². The average Bonchev–Trinajstić information content (AvgIpc) is 3.39. The van der Waals surface area contributed by atoms with Crippen LogP contribution in [0.25, 0.3) is 0 Å². The van der Waals surface area contributed by atoms with Crippen molar-refractivity contribution in [2.75, 3.05) is 20.8 Å². The van der Waals surface area contributed by atoms with E-state index in [9.17, 15) is 4.79 Å². The fraction of sp³-hybridized carbons (Fsp3) is 0.364. The highest BCUT2D eigenvalue weighted by Crippen LogP contribution is 2.35. The first-order valence-corrected chi connectivity index (χ1v) is 9.73. The Bertz CT molecular complexity index is 990. The van der Waals surface area contributed by atoms with E-state index >= 15 is 0 Å². The van der Waals surface area contributed by atoms with E-state index in [1.807, 2.05) is 36.1 Å². The molecule has 0 unspecified atom stereocenters. The van der Waals surface area contributed by atoms with Crippen molar-refractivity contribution < 1.29 is 18.7 Å². The van der Waals surface area contributed by atoms with E-state index in [1.54, 1.807) is 26.6 Å². The van der Waals surface area contributed by atoms with Gasteiger partial charge < -0.3 is 23.8 Å². The van der Waals surface area contributed by atoms with Crippen LogP contribution in [0.15, 0.2) is 41.1 Å². The molecule has 0 fully saturated rings. The highest BCUT2D eigenvalue weighted by Gasteiger charge is 2.36. The Morgan fingerprint density at radius 1 is 1.31 bits per heavy atom. The summed E-state index contributed by atoms with van der Waals surface area (Å²) in [6, 6.07) is 9.27. The molecular formula is C22H25N3O4. The van der Waals surface area contributed by atoms with Crippen molar-refractivity contribution in [3.63, 3.8) is 0 Å². The van der Waals surface area contributed by atoms with Gasteiger partial charge in [0.2, 0.25) is 0 Å². The Morgan fingerprint density at radius 2 is 2.10 bits per heavy atom. The van der Waals surface area contributed by atoms with Crippen LogP contribution in [-0.2, 0) is 24.2 Å². The van der Waals surface area contributed by atoms with E-state index in [0.717, 1.165) is 40.4 Å². The van der Waals surface area contributed by atoms with Gasteiger partial charge in [-0.25, -0.2) is 4.98 Å². The molecular weight excluding hydrogens is 370 g/mol. The number of nitrogens with one attached hydrogen (secondary N) is 1. The topological polar surface area (TPSA) is 80.6 Å². The van der Waals surface area contributed by atoms with Crippen molar-refractivity contribution in [1.82, 2.24) is 14.9 Å². The third kappa shape index (κ3) is 3.53.